The Morgan fingerprint density at radius 1 is 1.62 bits per heavy atom. The van der Waals surface area contributed by atoms with Crippen molar-refractivity contribution in [2.24, 2.45) is 5.92 Å². The maximum absolute atomic E-state index is 11.6. The van der Waals surface area contributed by atoms with E-state index in [1.165, 1.54) is 0 Å². The van der Waals surface area contributed by atoms with E-state index in [4.69, 9.17) is 0 Å². The predicted octanol–water partition coefficient (Wildman–Crippen LogP) is -0.771. The quantitative estimate of drug-likeness (QED) is 0.700. The Labute approximate surface area is 92.4 Å². The smallest absolute Gasteiger partial charge is 0.225 e. The molecule has 1 saturated heterocycles. The van der Waals surface area contributed by atoms with Crippen LogP contribution in [0.1, 0.15) is 12.1 Å². The molecule has 1 aromatic heterocycles. The summed E-state index contributed by atoms with van der Waals surface area (Å²) in [5.41, 5.74) is 0.702. The second-order valence-corrected chi connectivity index (χ2v) is 3.64. The van der Waals surface area contributed by atoms with Crippen molar-refractivity contribution in [2.75, 3.05) is 6.54 Å². The highest BCUT2D eigenvalue weighted by atomic mass is 16.2. The van der Waals surface area contributed by atoms with Crippen LogP contribution in [0.2, 0.25) is 0 Å². The van der Waals surface area contributed by atoms with Crippen molar-refractivity contribution >= 4 is 11.8 Å². The maximum atomic E-state index is 11.6. The first kappa shape index (κ1) is 10.5. The average Bonchev–Trinajstić information content (AvgIpc) is 2.74. The van der Waals surface area contributed by atoms with E-state index in [9.17, 15) is 9.59 Å². The summed E-state index contributed by atoms with van der Waals surface area (Å²) in [4.78, 5) is 22.5. The van der Waals surface area contributed by atoms with Crippen molar-refractivity contribution in [3.63, 3.8) is 0 Å². The number of carbonyl (C=O) groups is 2. The molecule has 1 atom stereocenters. The van der Waals surface area contributed by atoms with E-state index >= 15 is 0 Å². The zero-order valence-corrected chi connectivity index (χ0v) is 8.64. The molecule has 6 heteroatoms. The number of aromatic nitrogens is 2. The summed E-state index contributed by atoms with van der Waals surface area (Å²) in [6.07, 6.45) is 1.84. The fourth-order valence-corrected chi connectivity index (χ4v) is 1.54. The molecule has 2 amide bonds. The van der Waals surface area contributed by atoms with Gasteiger partial charge >= 0.3 is 0 Å². The Kier molecular flexibility index (Phi) is 3.09. The summed E-state index contributed by atoms with van der Waals surface area (Å²) in [5.74, 6) is -0.451. The first-order valence-corrected chi connectivity index (χ1v) is 5.06. The average molecular weight is 220 g/mol. The largest absolute Gasteiger partial charge is 0.355 e. The van der Waals surface area contributed by atoms with Gasteiger partial charge in [0.15, 0.2) is 0 Å². The molecule has 1 aliphatic heterocycles. The van der Waals surface area contributed by atoms with Crippen molar-refractivity contribution < 1.29 is 9.59 Å². The van der Waals surface area contributed by atoms with Crippen molar-refractivity contribution in [1.29, 1.82) is 0 Å². The van der Waals surface area contributed by atoms with Gasteiger partial charge in [0.05, 0.1) is 18.2 Å². The Morgan fingerprint density at radius 3 is 3.12 bits per heavy atom. The van der Waals surface area contributed by atoms with Crippen LogP contribution in [-0.4, -0.2) is 28.6 Å². The SMILES string of the molecule is O=C1CC(C(=O)NCc2cccnn2)CN1. The molecule has 1 aliphatic rings. The molecule has 0 aromatic carbocycles. The van der Waals surface area contributed by atoms with Gasteiger partial charge in [-0.1, -0.05) is 0 Å². The lowest BCUT2D eigenvalue weighted by atomic mass is 10.1. The molecule has 0 radical (unpaired) electrons. The van der Waals surface area contributed by atoms with Gasteiger partial charge in [-0.3, -0.25) is 9.59 Å². The third kappa shape index (κ3) is 2.53. The normalized spacial score (nSPS) is 19.2. The van der Waals surface area contributed by atoms with E-state index in [1.807, 2.05) is 0 Å². The third-order valence-corrected chi connectivity index (χ3v) is 2.42. The van der Waals surface area contributed by atoms with Gasteiger partial charge in [0.25, 0.3) is 0 Å². The Balaban J connectivity index is 1.82. The van der Waals surface area contributed by atoms with Gasteiger partial charge in [0, 0.05) is 19.2 Å². The molecule has 2 heterocycles. The summed E-state index contributed by atoms with van der Waals surface area (Å²) in [6.45, 7) is 0.766. The fourth-order valence-electron chi connectivity index (χ4n) is 1.54. The summed E-state index contributed by atoms with van der Waals surface area (Å²) in [5, 5.41) is 12.9. The van der Waals surface area contributed by atoms with Crippen LogP contribution in [0.25, 0.3) is 0 Å². The number of amides is 2. The summed E-state index contributed by atoms with van der Waals surface area (Å²) < 4.78 is 0. The standard InChI is InChI=1S/C10H12N4O2/c15-9-4-7(5-11-9)10(16)12-6-8-2-1-3-13-14-8/h1-3,7H,4-6H2,(H,11,15)(H,12,16). The molecule has 1 fully saturated rings. The van der Waals surface area contributed by atoms with Gasteiger partial charge < -0.3 is 10.6 Å². The van der Waals surface area contributed by atoms with E-state index in [2.05, 4.69) is 20.8 Å². The number of nitrogens with zero attached hydrogens (tertiary/aromatic N) is 2. The van der Waals surface area contributed by atoms with Crippen molar-refractivity contribution in [1.82, 2.24) is 20.8 Å². The van der Waals surface area contributed by atoms with Gasteiger partial charge in [0.2, 0.25) is 11.8 Å². The minimum absolute atomic E-state index is 0.0698. The minimum atomic E-state index is -0.260. The van der Waals surface area contributed by atoms with Crippen LogP contribution in [0.5, 0.6) is 0 Å². The summed E-state index contributed by atoms with van der Waals surface area (Å²) in [7, 11) is 0. The zero-order valence-electron chi connectivity index (χ0n) is 8.64. The van der Waals surface area contributed by atoms with Crippen LogP contribution >= 0.6 is 0 Å². The molecule has 0 bridgehead atoms. The van der Waals surface area contributed by atoms with Crippen molar-refractivity contribution in [3.05, 3.63) is 24.0 Å². The van der Waals surface area contributed by atoms with Crippen molar-refractivity contribution in [2.45, 2.75) is 13.0 Å². The van der Waals surface area contributed by atoms with Gasteiger partial charge in [-0.25, -0.2) is 0 Å². The minimum Gasteiger partial charge on any atom is -0.355 e. The lowest BCUT2D eigenvalue weighted by Crippen LogP contribution is -2.31. The van der Waals surface area contributed by atoms with E-state index in [-0.39, 0.29) is 24.2 Å². The van der Waals surface area contributed by atoms with E-state index in [0.29, 0.717) is 18.8 Å². The molecular weight excluding hydrogens is 208 g/mol. The summed E-state index contributed by atoms with van der Waals surface area (Å²) >= 11 is 0. The van der Waals surface area contributed by atoms with Crippen LogP contribution in [0.15, 0.2) is 18.3 Å². The Bertz CT molecular complexity index is 393. The van der Waals surface area contributed by atoms with Crippen molar-refractivity contribution in [3.8, 4) is 0 Å². The molecule has 0 saturated carbocycles. The molecular formula is C10H12N4O2. The topological polar surface area (TPSA) is 84.0 Å². The van der Waals surface area contributed by atoms with Crippen LogP contribution in [-0.2, 0) is 16.1 Å². The highest BCUT2D eigenvalue weighted by molar-refractivity contribution is 5.89. The number of nitrogens with one attached hydrogen (secondary N) is 2. The molecule has 2 rings (SSSR count). The van der Waals surface area contributed by atoms with Crippen LogP contribution in [0.3, 0.4) is 0 Å². The van der Waals surface area contributed by atoms with E-state index in [0.717, 1.165) is 0 Å². The number of hydrogen-bond donors (Lipinski definition) is 2. The second kappa shape index (κ2) is 4.69. The van der Waals surface area contributed by atoms with Gasteiger partial charge in [-0.05, 0) is 12.1 Å². The van der Waals surface area contributed by atoms with Gasteiger partial charge in [0.1, 0.15) is 0 Å². The lowest BCUT2D eigenvalue weighted by molar-refractivity contribution is -0.126. The van der Waals surface area contributed by atoms with E-state index in [1.54, 1.807) is 18.3 Å². The highest BCUT2D eigenvalue weighted by Gasteiger charge is 2.27. The molecule has 1 aromatic rings. The molecule has 16 heavy (non-hydrogen) atoms. The van der Waals surface area contributed by atoms with E-state index < -0.39 is 0 Å². The zero-order chi connectivity index (χ0) is 11.4. The van der Waals surface area contributed by atoms with Crippen LogP contribution < -0.4 is 10.6 Å². The fraction of sp³-hybridized carbons (Fsp3) is 0.400. The van der Waals surface area contributed by atoms with Gasteiger partial charge in [-0.2, -0.15) is 10.2 Å². The van der Waals surface area contributed by atoms with Gasteiger partial charge in [-0.15, -0.1) is 0 Å². The third-order valence-electron chi connectivity index (χ3n) is 2.42. The van der Waals surface area contributed by atoms with Crippen LogP contribution in [0, 0.1) is 5.92 Å². The monoisotopic (exact) mass is 220 g/mol. The Hall–Kier alpha value is -1.98. The molecule has 0 aliphatic carbocycles. The first-order valence-electron chi connectivity index (χ1n) is 5.06. The molecule has 0 spiro atoms. The summed E-state index contributed by atoms with van der Waals surface area (Å²) in [6, 6.07) is 3.54. The Morgan fingerprint density at radius 2 is 2.50 bits per heavy atom. The molecule has 1 unspecified atom stereocenters. The van der Waals surface area contributed by atoms with Crippen LogP contribution in [0.4, 0.5) is 0 Å². The molecule has 84 valence electrons. The number of rotatable bonds is 3. The second-order valence-electron chi connectivity index (χ2n) is 3.64. The highest BCUT2D eigenvalue weighted by Crippen LogP contribution is 2.08. The predicted molar refractivity (Wildman–Crippen MR) is 55.0 cm³/mol. The number of carbonyl (C=O) groups excluding carboxylic acids is 2. The molecule has 2 N–H and O–H groups in total. The molecule has 6 nitrogen and oxygen atoms in total. The maximum Gasteiger partial charge on any atom is 0.225 e. The lowest BCUT2D eigenvalue weighted by Gasteiger charge is -2.07. The number of hydrogen-bond acceptors (Lipinski definition) is 4. The first-order chi connectivity index (χ1) is 7.75.